The zero-order valence-electron chi connectivity index (χ0n) is 15.2. The summed E-state index contributed by atoms with van der Waals surface area (Å²) in [4.78, 5) is 25.3. The molecule has 0 unspecified atom stereocenters. The molecule has 0 saturated carbocycles. The fraction of sp³-hybridized carbons (Fsp3) is 0.389. The van der Waals surface area contributed by atoms with Crippen LogP contribution in [0, 0.1) is 12.3 Å². The Morgan fingerprint density at radius 1 is 1.29 bits per heavy atom. The predicted octanol–water partition coefficient (Wildman–Crippen LogP) is 2.04. The highest BCUT2D eigenvalue weighted by atomic mass is 32.2. The molecule has 0 saturated heterocycles. The largest absolute Gasteiger partial charge is 0.493 e. The molecular formula is C18H18F2N2O5S. The third kappa shape index (κ3) is 2.74. The number of Topliss-reactive ketones (excluding diaryl/α,β-unsaturated/α-hetero) is 1. The standard InChI is InChI=1S/C18H18F2N2O5S/c1-3-22-17(25)12(6-21-22)15(23)11-4-5-13-14(10(11)2)16(24)18(7-19,8-20)9-28(13,26)27/h4-6,25H,3,7-9H2,1-2H3. The van der Waals surface area contributed by atoms with E-state index in [1.54, 1.807) is 6.92 Å². The Morgan fingerprint density at radius 2 is 1.93 bits per heavy atom. The molecule has 1 aliphatic heterocycles. The summed E-state index contributed by atoms with van der Waals surface area (Å²) >= 11 is 0. The summed E-state index contributed by atoms with van der Waals surface area (Å²) in [6, 6.07) is 2.31. The van der Waals surface area contributed by atoms with Gasteiger partial charge in [-0.1, -0.05) is 0 Å². The number of nitrogens with zero attached hydrogens (tertiary/aromatic N) is 2. The van der Waals surface area contributed by atoms with Crippen LogP contribution in [0.15, 0.2) is 23.2 Å². The average Bonchev–Trinajstić information content (AvgIpc) is 3.04. The first kappa shape index (κ1) is 20.1. The molecule has 1 aromatic carbocycles. The number of aromatic hydroxyl groups is 1. The molecule has 7 nitrogen and oxygen atoms in total. The second-order valence-electron chi connectivity index (χ2n) is 6.77. The average molecular weight is 412 g/mol. The lowest BCUT2D eigenvalue weighted by atomic mass is 9.81. The van der Waals surface area contributed by atoms with Crippen molar-refractivity contribution in [1.82, 2.24) is 9.78 Å². The Morgan fingerprint density at radius 3 is 2.46 bits per heavy atom. The lowest BCUT2D eigenvalue weighted by Crippen LogP contribution is -2.47. The first-order chi connectivity index (χ1) is 13.1. The number of halogens is 2. The number of ketones is 2. The van der Waals surface area contributed by atoms with Gasteiger partial charge in [-0.05, 0) is 31.5 Å². The van der Waals surface area contributed by atoms with Gasteiger partial charge in [0, 0.05) is 17.7 Å². The van der Waals surface area contributed by atoms with Crippen molar-refractivity contribution in [1.29, 1.82) is 0 Å². The second-order valence-corrected chi connectivity index (χ2v) is 8.73. The van der Waals surface area contributed by atoms with E-state index in [4.69, 9.17) is 0 Å². The van der Waals surface area contributed by atoms with Crippen molar-refractivity contribution in [3.63, 3.8) is 0 Å². The Labute approximate surface area is 159 Å². The Balaban J connectivity index is 2.22. The maximum atomic E-state index is 13.5. The number of hydrogen-bond donors (Lipinski definition) is 1. The highest BCUT2D eigenvalue weighted by Gasteiger charge is 2.50. The van der Waals surface area contributed by atoms with E-state index in [2.05, 4.69) is 5.10 Å². The number of aromatic nitrogens is 2. The molecule has 0 radical (unpaired) electrons. The zero-order chi connectivity index (χ0) is 20.9. The number of aryl methyl sites for hydroxylation is 1. The van der Waals surface area contributed by atoms with Gasteiger partial charge in [0.05, 0.1) is 16.8 Å². The quantitative estimate of drug-likeness (QED) is 0.754. The van der Waals surface area contributed by atoms with E-state index in [1.165, 1.54) is 17.7 Å². The number of hydrogen-bond acceptors (Lipinski definition) is 6. The van der Waals surface area contributed by atoms with Gasteiger partial charge in [0.2, 0.25) is 5.88 Å². The van der Waals surface area contributed by atoms with Crippen molar-refractivity contribution in [3.05, 3.63) is 40.6 Å². The van der Waals surface area contributed by atoms with Crippen molar-refractivity contribution in [3.8, 4) is 5.88 Å². The van der Waals surface area contributed by atoms with Gasteiger partial charge in [-0.25, -0.2) is 21.9 Å². The highest BCUT2D eigenvalue weighted by Crippen LogP contribution is 2.40. The molecule has 0 spiro atoms. The minimum absolute atomic E-state index is 0.00861. The summed E-state index contributed by atoms with van der Waals surface area (Å²) < 4.78 is 53.3. The Bertz CT molecular complexity index is 1090. The smallest absolute Gasteiger partial charge is 0.220 e. The first-order valence-corrected chi connectivity index (χ1v) is 10.1. The van der Waals surface area contributed by atoms with Crippen LogP contribution in [0.2, 0.25) is 0 Å². The van der Waals surface area contributed by atoms with Gasteiger partial charge in [-0.15, -0.1) is 0 Å². The molecule has 0 bridgehead atoms. The molecule has 1 N–H and O–H groups in total. The number of rotatable bonds is 5. The van der Waals surface area contributed by atoms with Crippen LogP contribution >= 0.6 is 0 Å². The van der Waals surface area contributed by atoms with Gasteiger partial charge >= 0.3 is 0 Å². The number of carbonyl (C=O) groups is 2. The second kappa shape index (κ2) is 6.77. The molecule has 3 rings (SSSR count). The van der Waals surface area contributed by atoms with Crippen LogP contribution < -0.4 is 0 Å². The summed E-state index contributed by atoms with van der Waals surface area (Å²) in [5.74, 6) is -3.00. The normalized spacial score (nSPS) is 17.4. The van der Waals surface area contributed by atoms with Crippen LogP contribution in [-0.2, 0) is 16.4 Å². The molecule has 0 fully saturated rings. The predicted molar refractivity (Wildman–Crippen MR) is 94.9 cm³/mol. The maximum absolute atomic E-state index is 13.5. The van der Waals surface area contributed by atoms with Crippen LogP contribution in [0.3, 0.4) is 0 Å². The SMILES string of the molecule is CCn1ncc(C(=O)c2ccc3c(c2C)C(=O)C(CF)(CF)CS3(=O)=O)c1O. The lowest BCUT2D eigenvalue weighted by Gasteiger charge is -2.32. The minimum atomic E-state index is -4.12. The Kier molecular flexibility index (Phi) is 4.86. The van der Waals surface area contributed by atoms with E-state index in [9.17, 15) is 31.9 Å². The summed E-state index contributed by atoms with van der Waals surface area (Å²) in [6.07, 6.45) is 1.16. The number of carbonyl (C=O) groups excluding carboxylic acids is 2. The topological polar surface area (TPSA) is 106 Å². The zero-order valence-corrected chi connectivity index (χ0v) is 16.0. The molecule has 10 heteroatoms. The Hall–Kier alpha value is -2.62. The fourth-order valence-corrected chi connectivity index (χ4v) is 5.40. The van der Waals surface area contributed by atoms with Crippen molar-refractivity contribution < 1.29 is 31.9 Å². The van der Waals surface area contributed by atoms with Gasteiger partial charge in [-0.3, -0.25) is 9.59 Å². The molecule has 0 aliphatic carbocycles. The van der Waals surface area contributed by atoms with E-state index in [-0.39, 0.29) is 33.0 Å². The van der Waals surface area contributed by atoms with Crippen molar-refractivity contribution in [2.75, 3.05) is 19.1 Å². The molecule has 1 aliphatic rings. The van der Waals surface area contributed by atoms with Crippen molar-refractivity contribution in [2.45, 2.75) is 25.3 Å². The van der Waals surface area contributed by atoms with Gasteiger partial charge in [0.15, 0.2) is 21.4 Å². The highest BCUT2D eigenvalue weighted by molar-refractivity contribution is 7.91. The van der Waals surface area contributed by atoms with Gasteiger partial charge < -0.3 is 5.11 Å². The molecule has 2 aromatic rings. The maximum Gasteiger partial charge on any atom is 0.220 e. The van der Waals surface area contributed by atoms with Gasteiger partial charge in [-0.2, -0.15) is 5.10 Å². The summed E-state index contributed by atoms with van der Waals surface area (Å²) in [5.41, 5.74) is -2.88. The van der Waals surface area contributed by atoms with Crippen molar-refractivity contribution in [2.24, 2.45) is 5.41 Å². The number of benzene rings is 1. The lowest BCUT2D eigenvalue weighted by molar-refractivity contribution is 0.0712. The van der Waals surface area contributed by atoms with Crippen LogP contribution in [-0.4, -0.2) is 54.0 Å². The van der Waals surface area contributed by atoms with Crippen LogP contribution in [0.1, 0.15) is 38.8 Å². The number of alkyl halides is 2. The third-order valence-corrected chi connectivity index (χ3v) is 6.99. The fourth-order valence-electron chi connectivity index (χ4n) is 3.40. The van der Waals surface area contributed by atoms with Gasteiger partial charge in [0.1, 0.15) is 24.3 Å². The van der Waals surface area contributed by atoms with Crippen molar-refractivity contribution >= 4 is 21.4 Å². The number of fused-ring (bicyclic) bond motifs is 1. The van der Waals surface area contributed by atoms with Crippen LogP contribution in [0.4, 0.5) is 8.78 Å². The molecular weight excluding hydrogens is 394 g/mol. The van der Waals surface area contributed by atoms with E-state index in [0.717, 1.165) is 12.3 Å². The summed E-state index contributed by atoms with van der Waals surface area (Å²) in [6.45, 7) is 0.426. The van der Waals surface area contributed by atoms with E-state index in [1.807, 2.05) is 0 Å². The molecule has 2 heterocycles. The summed E-state index contributed by atoms with van der Waals surface area (Å²) in [5, 5.41) is 14.0. The molecule has 150 valence electrons. The molecule has 0 atom stereocenters. The van der Waals surface area contributed by atoms with Crippen LogP contribution in [0.25, 0.3) is 0 Å². The van der Waals surface area contributed by atoms with E-state index >= 15 is 0 Å². The summed E-state index contributed by atoms with van der Waals surface area (Å²) in [7, 11) is -4.12. The third-order valence-electron chi connectivity index (χ3n) is 5.05. The molecule has 0 amide bonds. The molecule has 1 aromatic heterocycles. The molecule has 28 heavy (non-hydrogen) atoms. The van der Waals surface area contributed by atoms with Gasteiger partial charge in [0.25, 0.3) is 0 Å². The number of sulfone groups is 1. The van der Waals surface area contributed by atoms with Crippen LogP contribution in [0.5, 0.6) is 5.88 Å². The van der Waals surface area contributed by atoms with E-state index < -0.39 is 45.9 Å². The minimum Gasteiger partial charge on any atom is -0.493 e. The van der Waals surface area contributed by atoms with E-state index in [0.29, 0.717) is 6.54 Å². The first-order valence-electron chi connectivity index (χ1n) is 8.46. The monoisotopic (exact) mass is 412 g/mol.